The molecule has 0 radical (unpaired) electrons. The maximum Gasteiger partial charge on any atom is 0.251 e. The molecule has 0 heterocycles. The van der Waals surface area contributed by atoms with Gasteiger partial charge in [0.1, 0.15) is 18.2 Å². The van der Waals surface area contributed by atoms with E-state index in [1.165, 1.54) is 12.1 Å². The first-order chi connectivity index (χ1) is 13.6. The fourth-order valence-electron chi connectivity index (χ4n) is 2.47. The molecule has 3 aromatic rings. The molecule has 28 heavy (non-hydrogen) atoms. The quantitative estimate of drug-likeness (QED) is 0.658. The maximum absolute atomic E-state index is 12.9. The van der Waals surface area contributed by atoms with E-state index in [2.05, 4.69) is 10.6 Å². The van der Waals surface area contributed by atoms with E-state index in [0.29, 0.717) is 17.0 Å². The number of nitrogens with one attached hydrogen (secondary N) is 2. The molecule has 5 nitrogen and oxygen atoms in total. The first kappa shape index (κ1) is 19.1. The SMILES string of the molecule is O=C(CNC(=O)c1ccccc1)Nc1cccc(OCc2ccc(F)cc2)c1. The zero-order valence-corrected chi connectivity index (χ0v) is 15.0. The molecule has 0 saturated carbocycles. The number of benzene rings is 3. The van der Waals surface area contributed by atoms with Gasteiger partial charge in [-0.2, -0.15) is 0 Å². The number of carbonyl (C=O) groups is 2. The third kappa shape index (κ3) is 5.67. The number of halogens is 1. The number of hydrogen-bond acceptors (Lipinski definition) is 3. The fraction of sp³-hybridized carbons (Fsp3) is 0.0909. The van der Waals surface area contributed by atoms with E-state index >= 15 is 0 Å². The highest BCUT2D eigenvalue weighted by Crippen LogP contribution is 2.18. The van der Waals surface area contributed by atoms with Gasteiger partial charge < -0.3 is 15.4 Å². The van der Waals surface area contributed by atoms with Gasteiger partial charge in [0.2, 0.25) is 5.91 Å². The molecule has 0 aliphatic rings. The van der Waals surface area contributed by atoms with Gasteiger partial charge >= 0.3 is 0 Å². The summed E-state index contributed by atoms with van der Waals surface area (Å²) in [5.74, 6) is -0.393. The van der Waals surface area contributed by atoms with E-state index in [-0.39, 0.29) is 30.8 Å². The Balaban J connectivity index is 1.50. The standard InChI is InChI=1S/C22H19FN2O3/c23-18-11-9-16(10-12-18)15-28-20-8-4-7-19(13-20)25-21(26)14-24-22(27)17-5-2-1-3-6-17/h1-13H,14-15H2,(H,24,27)(H,25,26). The van der Waals surface area contributed by atoms with Gasteiger partial charge in [0, 0.05) is 17.3 Å². The minimum absolute atomic E-state index is 0.144. The molecule has 0 aliphatic heterocycles. The lowest BCUT2D eigenvalue weighted by molar-refractivity contribution is -0.115. The molecule has 0 bridgehead atoms. The predicted molar refractivity (Wildman–Crippen MR) is 105 cm³/mol. The lowest BCUT2D eigenvalue weighted by Crippen LogP contribution is -2.32. The van der Waals surface area contributed by atoms with Gasteiger partial charge in [-0.3, -0.25) is 9.59 Å². The van der Waals surface area contributed by atoms with E-state index in [9.17, 15) is 14.0 Å². The Morgan fingerprint density at radius 1 is 0.893 bits per heavy atom. The van der Waals surface area contributed by atoms with Crippen molar-refractivity contribution < 1.29 is 18.7 Å². The Kier molecular flexibility index (Phi) is 6.36. The minimum atomic E-state index is -0.347. The summed E-state index contributed by atoms with van der Waals surface area (Å²) in [7, 11) is 0. The van der Waals surface area contributed by atoms with Crippen LogP contribution in [0.25, 0.3) is 0 Å². The van der Waals surface area contributed by atoms with Crippen LogP contribution >= 0.6 is 0 Å². The topological polar surface area (TPSA) is 67.4 Å². The lowest BCUT2D eigenvalue weighted by atomic mass is 10.2. The summed E-state index contributed by atoms with van der Waals surface area (Å²) in [6.45, 7) is 0.138. The van der Waals surface area contributed by atoms with Crippen LogP contribution in [0.15, 0.2) is 78.9 Å². The predicted octanol–water partition coefficient (Wildman–Crippen LogP) is 3.77. The molecule has 0 aromatic heterocycles. The first-order valence-corrected chi connectivity index (χ1v) is 8.70. The van der Waals surface area contributed by atoms with Crippen LogP contribution in [0.2, 0.25) is 0 Å². The van der Waals surface area contributed by atoms with Crippen molar-refractivity contribution in [1.82, 2.24) is 5.32 Å². The van der Waals surface area contributed by atoms with Gasteiger partial charge in [0.15, 0.2) is 0 Å². The Morgan fingerprint density at radius 3 is 2.39 bits per heavy atom. The van der Waals surface area contributed by atoms with Crippen molar-refractivity contribution in [3.8, 4) is 5.75 Å². The second-order valence-electron chi connectivity index (χ2n) is 6.04. The monoisotopic (exact) mass is 378 g/mol. The summed E-state index contributed by atoms with van der Waals surface area (Å²) < 4.78 is 18.6. The van der Waals surface area contributed by atoms with E-state index in [0.717, 1.165) is 5.56 Å². The summed E-state index contributed by atoms with van der Waals surface area (Å²) in [6, 6.07) is 21.6. The molecule has 3 aromatic carbocycles. The van der Waals surface area contributed by atoms with Crippen LogP contribution in [0.1, 0.15) is 15.9 Å². The summed E-state index contributed by atoms with van der Waals surface area (Å²) in [6.07, 6.45) is 0. The average molecular weight is 378 g/mol. The van der Waals surface area contributed by atoms with Gasteiger partial charge in [0.25, 0.3) is 5.91 Å². The van der Waals surface area contributed by atoms with Crippen LogP contribution in [0.4, 0.5) is 10.1 Å². The summed E-state index contributed by atoms with van der Waals surface area (Å²) in [5.41, 5.74) is 1.88. The van der Waals surface area contributed by atoms with Gasteiger partial charge in [-0.25, -0.2) is 4.39 Å². The fourth-order valence-corrected chi connectivity index (χ4v) is 2.47. The third-order valence-electron chi connectivity index (χ3n) is 3.88. The van der Waals surface area contributed by atoms with Crippen LogP contribution in [-0.4, -0.2) is 18.4 Å². The molecule has 2 amide bonds. The number of anilines is 1. The van der Waals surface area contributed by atoms with Gasteiger partial charge in [-0.05, 0) is 42.0 Å². The van der Waals surface area contributed by atoms with Crippen LogP contribution in [0.3, 0.4) is 0 Å². The van der Waals surface area contributed by atoms with E-state index in [1.807, 2.05) is 6.07 Å². The lowest BCUT2D eigenvalue weighted by Gasteiger charge is -2.10. The molecule has 0 unspecified atom stereocenters. The second kappa shape index (κ2) is 9.32. The van der Waals surface area contributed by atoms with Gasteiger partial charge in [0.05, 0.1) is 6.54 Å². The highest BCUT2D eigenvalue weighted by molar-refractivity contribution is 5.99. The smallest absolute Gasteiger partial charge is 0.251 e. The van der Waals surface area contributed by atoms with Crippen LogP contribution in [0.5, 0.6) is 5.75 Å². The van der Waals surface area contributed by atoms with Crippen molar-refractivity contribution in [3.05, 3.63) is 95.8 Å². The van der Waals surface area contributed by atoms with E-state index in [4.69, 9.17) is 4.74 Å². The number of rotatable bonds is 7. The molecule has 0 fully saturated rings. The zero-order valence-electron chi connectivity index (χ0n) is 15.0. The van der Waals surface area contributed by atoms with Crippen molar-refractivity contribution in [1.29, 1.82) is 0 Å². The average Bonchev–Trinajstić information content (AvgIpc) is 2.72. The summed E-state index contributed by atoms with van der Waals surface area (Å²) >= 11 is 0. The summed E-state index contributed by atoms with van der Waals surface area (Å²) in [5, 5.41) is 5.28. The van der Waals surface area contributed by atoms with E-state index in [1.54, 1.807) is 60.7 Å². The number of amides is 2. The molecule has 2 N–H and O–H groups in total. The molecular formula is C22H19FN2O3. The Labute approximate surface area is 162 Å². The summed E-state index contributed by atoms with van der Waals surface area (Å²) in [4.78, 5) is 24.0. The van der Waals surface area contributed by atoms with Crippen molar-refractivity contribution in [2.24, 2.45) is 0 Å². The number of carbonyl (C=O) groups excluding carboxylic acids is 2. The van der Waals surface area contributed by atoms with Crippen molar-refractivity contribution >= 4 is 17.5 Å². The second-order valence-corrected chi connectivity index (χ2v) is 6.04. The number of hydrogen-bond donors (Lipinski definition) is 2. The zero-order chi connectivity index (χ0) is 19.8. The molecular weight excluding hydrogens is 359 g/mol. The minimum Gasteiger partial charge on any atom is -0.489 e. The molecule has 0 saturated heterocycles. The van der Waals surface area contributed by atoms with Crippen molar-refractivity contribution in [2.75, 3.05) is 11.9 Å². The maximum atomic E-state index is 12.9. The normalized spacial score (nSPS) is 10.2. The van der Waals surface area contributed by atoms with Crippen LogP contribution in [0, 0.1) is 5.82 Å². The van der Waals surface area contributed by atoms with Crippen molar-refractivity contribution in [2.45, 2.75) is 6.61 Å². The largest absolute Gasteiger partial charge is 0.489 e. The highest BCUT2D eigenvalue weighted by Gasteiger charge is 2.08. The molecule has 0 spiro atoms. The molecule has 0 aliphatic carbocycles. The molecule has 142 valence electrons. The highest BCUT2D eigenvalue weighted by atomic mass is 19.1. The Morgan fingerprint density at radius 2 is 1.64 bits per heavy atom. The third-order valence-corrected chi connectivity index (χ3v) is 3.88. The van der Waals surface area contributed by atoms with Crippen LogP contribution < -0.4 is 15.4 Å². The Hall–Kier alpha value is -3.67. The molecule has 3 rings (SSSR count). The Bertz CT molecular complexity index is 944. The van der Waals surface area contributed by atoms with Crippen LogP contribution in [-0.2, 0) is 11.4 Å². The molecule has 0 atom stereocenters. The molecule has 6 heteroatoms. The van der Waals surface area contributed by atoms with E-state index < -0.39 is 0 Å². The first-order valence-electron chi connectivity index (χ1n) is 8.70. The van der Waals surface area contributed by atoms with Gasteiger partial charge in [-0.15, -0.1) is 0 Å². The van der Waals surface area contributed by atoms with Crippen molar-refractivity contribution in [3.63, 3.8) is 0 Å². The number of ether oxygens (including phenoxy) is 1. The van der Waals surface area contributed by atoms with Gasteiger partial charge in [-0.1, -0.05) is 36.4 Å².